The molecule has 0 aliphatic rings. The lowest BCUT2D eigenvalue weighted by Crippen LogP contribution is -2.18. The van der Waals surface area contributed by atoms with Crippen LogP contribution < -0.4 is 5.56 Å². The van der Waals surface area contributed by atoms with Gasteiger partial charge in [0.2, 0.25) is 0 Å². The molecule has 1 heterocycles. The Morgan fingerprint density at radius 1 is 1.25 bits per heavy atom. The fourth-order valence-corrected chi connectivity index (χ4v) is 1.74. The van der Waals surface area contributed by atoms with Crippen LogP contribution in [0.1, 0.15) is 5.56 Å². The third-order valence-electron chi connectivity index (χ3n) is 2.58. The monoisotopic (exact) mass is 215 g/mol. The number of hydrogen-bond acceptors (Lipinski definition) is 2. The van der Waals surface area contributed by atoms with Crippen LogP contribution in [0, 0.1) is 6.92 Å². The van der Waals surface area contributed by atoms with Crippen LogP contribution >= 0.6 is 0 Å². The van der Waals surface area contributed by atoms with Crippen LogP contribution in [0.5, 0.6) is 5.75 Å². The average molecular weight is 215 g/mol. The number of rotatable bonds is 1. The molecule has 0 atom stereocenters. The molecule has 1 aromatic carbocycles. The van der Waals surface area contributed by atoms with Gasteiger partial charge in [-0.2, -0.15) is 0 Å². The first kappa shape index (κ1) is 10.5. The fraction of sp³-hybridized carbons (Fsp3) is 0.154. The second-order valence-corrected chi connectivity index (χ2v) is 3.84. The predicted octanol–water partition coefficient (Wildman–Crippen LogP) is 2.07. The van der Waals surface area contributed by atoms with Crippen molar-refractivity contribution in [1.82, 2.24) is 4.57 Å². The maximum absolute atomic E-state index is 11.5. The van der Waals surface area contributed by atoms with E-state index in [1.807, 2.05) is 12.1 Å². The normalized spacial score (nSPS) is 10.4. The molecule has 0 aliphatic carbocycles. The number of benzene rings is 1. The number of phenolic OH excluding ortho intramolecular Hbond substituents is 1. The smallest absolute Gasteiger partial charge is 0.253 e. The largest absolute Gasteiger partial charge is 0.507 e. The van der Waals surface area contributed by atoms with Gasteiger partial charge in [0.15, 0.2) is 0 Å². The van der Waals surface area contributed by atoms with Crippen molar-refractivity contribution >= 4 is 0 Å². The van der Waals surface area contributed by atoms with Crippen molar-refractivity contribution in [3.05, 3.63) is 52.4 Å². The highest BCUT2D eigenvalue weighted by Gasteiger charge is 2.06. The molecule has 0 unspecified atom stereocenters. The van der Waals surface area contributed by atoms with E-state index in [1.165, 1.54) is 4.57 Å². The first-order chi connectivity index (χ1) is 7.59. The van der Waals surface area contributed by atoms with Crippen molar-refractivity contribution in [2.75, 3.05) is 0 Å². The Morgan fingerprint density at radius 3 is 2.56 bits per heavy atom. The average Bonchev–Trinajstić information content (AvgIpc) is 2.26. The van der Waals surface area contributed by atoms with Gasteiger partial charge >= 0.3 is 0 Å². The Kier molecular flexibility index (Phi) is 2.52. The van der Waals surface area contributed by atoms with Crippen molar-refractivity contribution in [2.24, 2.45) is 7.05 Å². The minimum Gasteiger partial charge on any atom is -0.507 e. The zero-order valence-corrected chi connectivity index (χ0v) is 9.27. The molecule has 2 rings (SSSR count). The molecule has 0 fully saturated rings. The van der Waals surface area contributed by atoms with Gasteiger partial charge in [-0.3, -0.25) is 4.79 Å². The third kappa shape index (κ3) is 1.72. The summed E-state index contributed by atoms with van der Waals surface area (Å²) in [5, 5.41) is 9.73. The summed E-state index contributed by atoms with van der Waals surface area (Å²) >= 11 is 0. The van der Waals surface area contributed by atoms with Crippen molar-refractivity contribution in [2.45, 2.75) is 6.92 Å². The van der Waals surface area contributed by atoms with Crippen molar-refractivity contribution in [3.63, 3.8) is 0 Å². The number of aromatic hydroxyl groups is 1. The maximum Gasteiger partial charge on any atom is 0.253 e. The lowest BCUT2D eigenvalue weighted by atomic mass is 10.1. The summed E-state index contributed by atoms with van der Waals surface area (Å²) in [5.41, 5.74) is 2.24. The fourth-order valence-electron chi connectivity index (χ4n) is 1.74. The molecule has 0 saturated heterocycles. The Balaban J connectivity index is 2.67. The van der Waals surface area contributed by atoms with E-state index in [0.29, 0.717) is 5.56 Å². The predicted molar refractivity (Wildman–Crippen MR) is 63.5 cm³/mol. The molecule has 2 aromatic rings. The maximum atomic E-state index is 11.5. The highest BCUT2D eigenvalue weighted by atomic mass is 16.3. The molecule has 0 radical (unpaired) electrons. The Hall–Kier alpha value is -2.03. The molecule has 1 N–H and O–H groups in total. The number of aryl methyl sites for hydroxylation is 2. The molecule has 0 saturated carbocycles. The van der Waals surface area contributed by atoms with Crippen molar-refractivity contribution in [1.29, 1.82) is 0 Å². The van der Waals surface area contributed by atoms with Crippen molar-refractivity contribution < 1.29 is 5.11 Å². The van der Waals surface area contributed by atoms with Gasteiger partial charge in [0, 0.05) is 29.9 Å². The van der Waals surface area contributed by atoms with E-state index in [2.05, 4.69) is 0 Å². The molecule has 1 aromatic heterocycles. The number of nitrogens with zero attached hydrogens (tertiary/aromatic N) is 1. The summed E-state index contributed by atoms with van der Waals surface area (Å²) in [7, 11) is 1.71. The molecule has 16 heavy (non-hydrogen) atoms. The zero-order chi connectivity index (χ0) is 11.7. The molecule has 0 aliphatic heterocycles. The van der Waals surface area contributed by atoms with E-state index >= 15 is 0 Å². The number of hydrogen-bond donors (Lipinski definition) is 1. The van der Waals surface area contributed by atoms with Gasteiger partial charge < -0.3 is 9.67 Å². The van der Waals surface area contributed by atoms with Crippen molar-refractivity contribution in [3.8, 4) is 16.9 Å². The van der Waals surface area contributed by atoms with Crippen LogP contribution in [0.15, 0.2) is 41.3 Å². The first-order valence-electron chi connectivity index (χ1n) is 5.05. The van der Waals surface area contributed by atoms with Crippen LogP contribution in [0.2, 0.25) is 0 Å². The van der Waals surface area contributed by atoms with Gasteiger partial charge in [-0.05, 0) is 19.1 Å². The van der Waals surface area contributed by atoms with E-state index in [1.54, 1.807) is 38.4 Å². The molecule has 82 valence electrons. The summed E-state index contributed by atoms with van der Waals surface area (Å²) in [6.07, 6.45) is 1.73. The Labute approximate surface area is 93.6 Å². The standard InChI is InChI=1S/C13H13NO2/c1-9-7-10(8-14(2)13(9)16)11-5-3-4-6-12(11)15/h3-8,15H,1-2H3. The molecular weight excluding hydrogens is 202 g/mol. The quantitative estimate of drug-likeness (QED) is 0.791. The number of aromatic nitrogens is 1. The Morgan fingerprint density at radius 2 is 1.94 bits per heavy atom. The zero-order valence-electron chi connectivity index (χ0n) is 9.27. The molecule has 0 spiro atoms. The number of phenols is 1. The molecule has 3 nitrogen and oxygen atoms in total. The number of pyridine rings is 1. The molecule has 0 amide bonds. The summed E-state index contributed by atoms with van der Waals surface area (Å²) in [6, 6.07) is 8.88. The topological polar surface area (TPSA) is 42.2 Å². The minimum atomic E-state index is -0.0147. The van der Waals surface area contributed by atoms with Crippen LogP contribution in [0.25, 0.3) is 11.1 Å². The first-order valence-corrected chi connectivity index (χ1v) is 5.05. The third-order valence-corrected chi connectivity index (χ3v) is 2.58. The van der Waals surface area contributed by atoms with Gasteiger partial charge in [0.05, 0.1) is 0 Å². The molecule has 3 heteroatoms. The van der Waals surface area contributed by atoms with Crippen LogP contribution in [0.4, 0.5) is 0 Å². The SMILES string of the molecule is Cc1cc(-c2ccccc2O)cn(C)c1=O. The molecular formula is C13H13NO2. The second-order valence-electron chi connectivity index (χ2n) is 3.84. The highest BCUT2D eigenvalue weighted by Crippen LogP contribution is 2.27. The van der Waals surface area contributed by atoms with Gasteiger partial charge in [0.1, 0.15) is 5.75 Å². The highest BCUT2D eigenvalue weighted by molar-refractivity contribution is 5.69. The van der Waals surface area contributed by atoms with E-state index < -0.39 is 0 Å². The summed E-state index contributed by atoms with van der Waals surface area (Å²) in [4.78, 5) is 11.5. The van der Waals surface area contributed by atoms with Gasteiger partial charge in [0.25, 0.3) is 5.56 Å². The Bertz CT molecular complexity index is 558. The van der Waals surface area contributed by atoms with Crippen LogP contribution in [0.3, 0.4) is 0 Å². The van der Waals surface area contributed by atoms with E-state index in [-0.39, 0.29) is 11.3 Å². The minimum absolute atomic E-state index is 0.0147. The van der Waals surface area contributed by atoms with Gasteiger partial charge in [-0.15, -0.1) is 0 Å². The van der Waals surface area contributed by atoms with Crippen LogP contribution in [-0.2, 0) is 7.05 Å². The summed E-state index contributed by atoms with van der Waals surface area (Å²) in [5.74, 6) is 0.223. The van der Waals surface area contributed by atoms with E-state index in [9.17, 15) is 9.90 Å². The number of para-hydroxylation sites is 1. The van der Waals surface area contributed by atoms with E-state index in [0.717, 1.165) is 11.1 Å². The van der Waals surface area contributed by atoms with E-state index in [4.69, 9.17) is 0 Å². The lowest BCUT2D eigenvalue weighted by Gasteiger charge is -2.07. The summed E-state index contributed by atoms with van der Waals surface area (Å²) < 4.78 is 1.52. The van der Waals surface area contributed by atoms with Gasteiger partial charge in [-0.1, -0.05) is 18.2 Å². The van der Waals surface area contributed by atoms with Gasteiger partial charge in [-0.25, -0.2) is 0 Å². The lowest BCUT2D eigenvalue weighted by molar-refractivity contribution is 0.477. The van der Waals surface area contributed by atoms with Crippen LogP contribution in [-0.4, -0.2) is 9.67 Å². The second kappa shape index (κ2) is 3.85. The molecule has 0 bridgehead atoms. The summed E-state index contributed by atoms with van der Waals surface area (Å²) in [6.45, 7) is 1.77.